The third-order valence-corrected chi connectivity index (χ3v) is 2.61. The zero-order valence-corrected chi connectivity index (χ0v) is 12.0. The Hall–Kier alpha value is -2.88. The molecule has 0 aliphatic carbocycles. The number of nitrogens with one attached hydrogen (secondary N) is 1. The Morgan fingerprint density at radius 1 is 1.24 bits per heavy atom. The van der Waals surface area contributed by atoms with Gasteiger partial charge >= 0.3 is 12.0 Å². The summed E-state index contributed by atoms with van der Waals surface area (Å²) in [5.74, 6) is 0.863. The first-order valence-electron chi connectivity index (χ1n) is 6.41. The summed E-state index contributed by atoms with van der Waals surface area (Å²) in [5, 5.41) is 11.8. The van der Waals surface area contributed by atoms with Crippen LogP contribution in [0.3, 0.4) is 0 Å². The molecule has 0 spiro atoms. The highest BCUT2D eigenvalue weighted by atomic mass is 16.5. The van der Waals surface area contributed by atoms with Gasteiger partial charge in [0.25, 0.3) is 0 Å². The Labute approximate surface area is 122 Å². The maximum Gasteiger partial charge on any atom is 0.330 e. The van der Waals surface area contributed by atoms with Crippen molar-refractivity contribution < 1.29 is 9.47 Å². The van der Waals surface area contributed by atoms with Gasteiger partial charge in [-0.25, -0.2) is 0 Å². The molecule has 1 aromatic heterocycles. The summed E-state index contributed by atoms with van der Waals surface area (Å²) in [6.45, 7) is 4.15. The van der Waals surface area contributed by atoms with Crippen molar-refractivity contribution in [3.05, 3.63) is 29.3 Å². The Bertz CT molecular complexity index is 682. The molecule has 0 unspecified atom stereocenters. The summed E-state index contributed by atoms with van der Waals surface area (Å²) in [6, 6.07) is 7.52. The number of ether oxygens (including phenoxy) is 2. The zero-order valence-electron chi connectivity index (χ0n) is 12.0. The number of aryl methyl sites for hydroxylation is 1. The smallest absolute Gasteiger partial charge is 0.330 e. The number of hydrogen-bond acceptors (Lipinski definition) is 7. The Kier molecular flexibility index (Phi) is 4.51. The van der Waals surface area contributed by atoms with Gasteiger partial charge in [-0.2, -0.15) is 15.2 Å². The lowest BCUT2D eigenvalue weighted by atomic mass is 10.1. The first kappa shape index (κ1) is 14.5. The van der Waals surface area contributed by atoms with E-state index in [-0.39, 0.29) is 12.0 Å². The fraction of sp³-hybridized carbons (Fsp3) is 0.286. The molecule has 1 aromatic carbocycles. The summed E-state index contributed by atoms with van der Waals surface area (Å²) in [4.78, 5) is 12.2. The average molecular weight is 285 g/mol. The van der Waals surface area contributed by atoms with Gasteiger partial charge in [0.05, 0.1) is 18.2 Å². The van der Waals surface area contributed by atoms with Gasteiger partial charge in [0.1, 0.15) is 5.75 Å². The van der Waals surface area contributed by atoms with E-state index in [2.05, 4.69) is 26.3 Å². The van der Waals surface area contributed by atoms with Crippen molar-refractivity contribution in [1.29, 1.82) is 5.26 Å². The molecule has 0 aliphatic rings. The predicted octanol–water partition coefficient (Wildman–Crippen LogP) is 2.28. The molecule has 0 saturated carbocycles. The van der Waals surface area contributed by atoms with Crippen LogP contribution in [0.1, 0.15) is 18.1 Å². The number of benzene rings is 1. The second-order valence-electron chi connectivity index (χ2n) is 4.10. The van der Waals surface area contributed by atoms with E-state index in [9.17, 15) is 0 Å². The normalized spacial score (nSPS) is 9.81. The molecule has 0 radical (unpaired) electrons. The molecular formula is C14H15N5O2. The van der Waals surface area contributed by atoms with E-state index < -0.39 is 0 Å². The molecule has 21 heavy (non-hydrogen) atoms. The van der Waals surface area contributed by atoms with Gasteiger partial charge in [0, 0.05) is 7.05 Å². The second kappa shape index (κ2) is 6.52. The van der Waals surface area contributed by atoms with E-state index in [1.807, 2.05) is 13.8 Å². The highest BCUT2D eigenvalue weighted by Gasteiger charge is 2.10. The van der Waals surface area contributed by atoms with Crippen LogP contribution in [0.5, 0.6) is 17.8 Å². The van der Waals surface area contributed by atoms with Gasteiger partial charge in [0.2, 0.25) is 5.95 Å². The lowest BCUT2D eigenvalue weighted by Gasteiger charge is -2.09. The van der Waals surface area contributed by atoms with Crippen molar-refractivity contribution in [2.75, 3.05) is 19.0 Å². The van der Waals surface area contributed by atoms with Crippen LogP contribution >= 0.6 is 0 Å². The van der Waals surface area contributed by atoms with Gasteiger partial charge in [-0.3, -0.25) is 0 Å². The van der Waals surface area contributed by atoms with Crippen LogP contribution in [-0.2, 0) is 0 Å². The highest BCUT2D eigenvalue weighted by molar-refractivity contribution is 5.43. The average Bonchev–Trinajstić information content (AvgIpc) is 2.49. The van der Waals surface area contributed by atoms with Crippen molar-refractivity contribution >= 4 is 5.95 Å². The molecule has 1 N–H and O–H groups in total. The molecule has 2 rings (SSSR count). The molecule has 0 atom stereocenters. The highest BCUT2D eigenvalue weighted by Crippen LogP contribution is 2.25. The van der Waals surface area contributed by atoms with Crippen molar-refractivity contribution in [1.82, 2.24) is 15.0 Å². The number of anilines is 1. The largest absolute Gasteiger partial charge is 0.464 e. The second-order valence-corrected chi connectivity index (χ2v) is 4.10. The minimum atomic E-state index is 0.107. The third-order valence-electron chi connectivity index (χ3n) is 2.61. The van der Waals surface area contributed by atoms with E-state index in [0.717, 1.165) is 5.56 Å². The van der Waals surface area contributed by atoms with E-state index in [1.165, 1.54) is 0 Å². The molecule has 2 aromatic rings. The number of nitrogens with zero attached hydrogens (tertiary/aromatic N) is 4. The summed E-state index contributed by atoms with van der Waals surface area (Å²) in [5.41, 5.74) is 1.38. The fourth-order valence-corrected chi connectivity index (χ4v) is 1.57. The minimum Gasteiger partial charge on any atom is -0.464 e. The molecule has 0 aliphatic heterocycles. The summed E-state index contributed by atoms with van der Waals surface area (Å²) in [6.07, 6.45) is 0. The summed E-state index contributed by atoms with van der Waals surface area (Å²) < 4.78 is 10.9. The molecule has 0 amide bonds. The quantitative estimate of drug-likeness (QED) is 0.900. The van der Waals surface area contributed by atoms with Gasteiger partial charge in [-0.05, 0) is 31.5 Å². The molecule has 1 heterocycles. The van der Waals surface area contributed by atoms with Crippen LogP contribution < -0.4 is 14.8 Å². The van der Waals surface area contributed by atoms with Crippen molar-refractivity contribution in [2.24, 2.45) is 0 Å². The standard InChI is InChI=1S/C14H15N5O2/c1-4-20-13-17-12(16-3)18-14(19-13)21-11-7-10(8-15)6-5-9(11)2/h5-7H,4H2,1-3H3,(H,16,17,18,19). The molecule has 108 valence electrons. The Morgan fingerprint density at radius 3 is 2.67 bits per heavy atom. The monoisotopic (exact) mass is 285 g/mol. The van der Waals surface area contributed by atoms with Crippen molar-refractivity contribution in [3.63, 3.8) is 0 Å². The van der Waals surface area contributed by atoms with Gasteiger partial charge in [-0.15, -0.1) is 4.98 Å². The number of rotatable bonds is 5. The third kappa shape index (κ3) is 3.57. The minimum absolute atomic E-state index is 0.107. The van der Waals surface area contributed by atoms with Gasteiger partial charge in [-0.1, -0.05) is 6.07 Å². The Balaban J connectivity index is 2.34. The van der Waals surface area contributed by atoms with Crippen LogP contribution in [-0.4, -0.2) is 28.6 Å². The SMILES string of the molecule is CCOc1nc(NC)nc(Oc2cc(C#N)ccc2C)n1. The fourth-order valence-electron chi connectivity index (χ4n) is 1.57. The number of nitriles is 1. The van der Waals surface area contributed by atoms with Gasteiger partial charge < -0.3 is 14.8 Å². The zero-order chi connectivity index (χ0) is 15.2. The topological polar surface area (TPSA) is 93.0 Å². The van der Waals surface area contributed by atoms with E-state index in [0.29, 0.717) is 23.9 Å². The number of hydrogen-bond donors (Lipinski definition) is 1. The first-order chi connectivity index (χ1) is 10.2. The van der Waals surface area contributed by atoms with Crippen LogP contribution in [0.15, 0.2) is 18.2 Å². The van der Waals surface area contributed by atoms with Crippen LogP contribution in [0.2, 0.25) is 0 Å². The Morgan fingerprint density at radius 2 is 2.00 bits per heavy atom. The van der Waals surface area contributed by atoms with E-state index in [1.54, 1.807) is 25.2 Å². The summed E-state index contributed by atoms with van der Waals surface area (Å²) >= 11 is 0. The molecule has 0 bridgehead atoms. The van der Waals surface area contributed by atoms with Crippen LogP contribution in [0, 0.1) is 18.3 Å². The first-order valence-corrected chi connectivity index (χ1v) is 6.41. The molecule has 7 nitrogen and oxygen atoms in total. The molecule has 0 saturated heterocycles. The van der Waals surface area contributed by atoms with Crippen molar-refractivity contribution in [3.8, 4) is 23.8 Å². The predicted molar refractivity (Wildman–Crippen MR) is 76.5 cm³/mol. The lowest BCUT2D eigenvalue weighted by molar-refractivity contribution is 0.303. The molecule has 0 fully saturated rings. The maximum absolute atomic E-state index is 8.94. The van der Waals surface area contributed by atoms with E-state index in [4.69, 9.17) is 14.7 Å². The maximum atomic E-state index is 8.94. The van der Waals surface area contributed by atoms with E-state index >= 15 is 0 Å². The van der Waals surface area contributed by atoms with Crippen LogP contribution in [0.4, 0.5) is 5.95 Å². The lowest BCUT2D eigenvalue weighted by Crippen LogP contribution is -2.05. The molecule has 7 heteroatoms. The van der Waals surface area contributed by atoms with Gasteiger partial charge in [0.15, 0.2) is 0 Å². The van der Waals surface area contributed by atoms with Crippen molar-refractivity contribution in [2.45, 2.75) is 13.8 Å². The van der Waals surface area contributed by atoms with Crippen LogP contribution in [0.25, 0.3) is 0 Å². The number of aromatic nitrogens is 3. The summed E-state index contributed by atoms with van der Waals surface area (Å²) in [7, 11) is 1.69. The molecular weight excluding hydrogens is 270 g/mol.